The summed E-state index contributed by atoms with van der Waals surface area (Å²) in [4.78, 5) is 29.8. The molecule has 1 heterocycles. The predicted molar refractivity (Wildman–Crippen MR) is 140 cm³/mol. The number of rotatable bonds is 8. The van der Waals surface area contributed by atoms with Crippen molar-refractivity contribution in [2.45, 2.75) is 18.8 Å². The highest BCUT2D eigenvalue weighted by atomic mass is 79.9. The first-order valence-electron chi connectivity index (χ1n) is 11.3. The zero-order chi connectivity index (χ0) is 26.7. The molecule has 0 spiro atoms. The third-order valence-corrected chi connectivity index (χ3v) is 6.66. The number of fused-ring (bicyclic) bond motifs is 1. The molecule has 2 N–H and O–H groups in total. The van der Waals surface area contributed by atoms with Crippen LogP contribution in [0.4, 0.5) is 8.78 Å². The molecular weight excluding hydrogens is 546 g/mol. The van der Waals surface area contributed by atoms with Gasteiger partial charge in [-0.2, -0.15) is 8.78 Å². The van der Waals surface area contributed by atoms with Gasteiger partial charge < -0.3 is 15.2 Å². The molecule has 9 heteroatoms. The molecule has 1 amide bonds. The van der Waals surface area contributed by atoms with E-state index in [-0.39, 0.29) is 16.9 Å². The number of nitrogens with zero attached hydrogens (tertiary/aromatic N) is 1. The van der Waals surface area contributed by atoms with Crippen molar-refractivity contribution >= 4 is 38.7 Å². The number of carbonyl (C=O) groups excluding carboxylic acids is 1. The normalized spacial score (nSPS) is 12.2. The number of aromatic nitrogens is 1. The van der Waals surface area contributed by atoms with E-state index in [0.29, 0.717) is 26.6 Å². The molecule has 1 aromatic heterocycles. The topological polar surface area (TPSA) is 88.5 Å². The van der Waals surface area contributed by atoms with Crippen molar-refractivity contribution in [1.82, 2.24) is 10.3 Å². The highest BCUT2D eigenvalue weighted by Gasteiger charge is 2.49. The molecule has 190 valence electrons. The Bertz CT molecular complexity index is 1480. The Kier molecular flexibility index (Phi) is 7.54. The zero-order valence-electron chi connectivity index (χ0n) is 20.0. The molecule has 0 unspecified atom stereocenters. The van der Waals surface area contributed by atoms with Crippen molar-refractivity contribution in [3.63, 3.8) is 0 Å². The molecule has 37 heavy (non-hydrogen) atoms. The molecule has 0 fully saturated rings. The number of hydrogen-bond acceptors (Lipinski definition) is 4. The number of ether oxygens (including phenoxy) is 1. The summed E-state index contributed by atoms with van der Waals surface area (Å²) in [6, 6.07) is 20.5. The maximum Gasteiger partial charge on any atom is 0.375 e. The molecular formula is C28H23BrF2N2O4. The average Bonchev–Trinajstić information content (AvgIpc) is 2.89. The largest absolute Gasteiger partial charge is 0.496 e. The lowest BCUT2D eigenvalue weighted by atomic mass is 9.91. The SMILES string of the molecule is COc1ccccc1[C@@H](CNC(=O)c1c(C)c(-c2ccccc2)nc2ccc(Br)cc12)C(F)(F)C(=O)O. The van der Waals surface area contributed by atoms with Crippen molar-refractivity contribution in [3.05, 3.63) is 94.0 Å². The second-order valence-electron chi connectivity index (χ2n) is 8.42. The second-order valence-corrected chi connectivity index (χ2v) is 9.34. The van der Waals surface area contributed by atoms with Crippen LogP contribution in [0.5, 0.6) is 5.75 Å². The second kappa shape index (κ2) is 10.6. The van der Waals surface area contributed by atoms with E-state index in [1.54, 1.807) is 31.2 Å². The Balaban J connectivity index is 1.79. The number of carboxylic acid groups (broad SMARTS) is 1. The van der Waals surface area contributed by atoms with E-state index >= 15 is 0 Å². The molecule has 3 aromatic carbocycles. The standard InChI is InChI=1S/C28H23BrF2N2O4/c1-16-24(20-14-18(29)12-13-22(20)33-25(16)17-8-4-3-5-9-17)26(34)32-15-21(28(30,31)27(35)36)19-10-6-7-11-23(19)37-2/h3-14,21H,15H2,1-2H3,(H,32,34)(H,35,36)/t21-/m1/s1. The fraction of sp³-hybridized carbons (Fsp3) is 0.179. The van der Waals surface area contributed by atoms with Gasteiger partial charge in [-0.15, -0.1) is 0 Å². The maximum absolute atomic E-state index is 14.9. The summed E-state index contributed by atoms with van der Waals surface area (Å²) in [7, 11) is 1.31. The zero-order valence-corrected chi connectivity index (χ0v) is 21.6. The number of aliphatic carboxylic acids is 1. The van der Waals surface area contributed by atoms with Crippen LogP contribution in [0.2, 0.25) is 0 Å². The molecule has 6 nitrogen and oxygen atoms in total. The van der Waals surface area contributed by atoms with Crippen molar-refractivity contribution in [2.24, 2.45) is 0 Å². The van der Waals surface area contributed by atoms with Gasteiger partial charge in [-0.1, -0.05) is 64.5 Å². The number of methoxy groups -OCH3 is 1. The first kappa shape index (κ1) is 26.2. The minimum Gasteiger partial charge on any atom is -0.496 e. The van der Waals surface area contributed by atoms with Gasteiger partial charge in [0, 0.05) is 27.5 Å². The number of carboxylic acids is 1. The van der Waals surface area contributed by atoms with Gasteiger partial charge in [-0.25, -0.2) is 9.78 Å². The van der Waals surface area contributed by atoms with Gasteiger partial charge >= 0.3 is 11.9 Å². The quantitative estimate of drug-likeness (QED) is 0.263. The van der Waals surface area contributed by atoms with Crippen LogP contribution in [0.3, 0.4) is 0 Å². The predicted octanol–water partition coefficient (Wildman–Crippen LogP) is 6.21. The van der Waals surface area contributed by atoms with Crippen molar-refractivity contribution in [3.8, 4) is 17.0 Å². The Morgan fingerprint density at radius 2 is 1.76 bits per heavy atom. The molecule has 4 rings (SSSR count). The van der Waals surface area contributed by atoms with Crippen LogP contribution in [0, 0.1) is 6.92 Å². The van der Waals surface area contributed by atoms with Crippen LogP contribution in [0.15, 0.2) is 77.3 Å². The molecule has 0 radical (unpaired) electrons. The number of alkyl halides is 2. The highest BCUT2D eigenvalue weighted by molar-refractivity contribution is 9.10. The smallest absolute Gasteiger partial charge is 0.375 e. The van der Waals surface area contributed by atoms with Gasteiger partial charge in [0.25, 0.3) is 5.91 Å². The van der Waals surface area contributed by atoms with E-state index in [4.69, 9.17) is 9.72 Å². The van der Waals surface area contributed by atoms with Crippen LogP contribution in [-0.4, -0.2) is 41.5 Å². The van der Waals surface area contributed by atoms with E-state index in [1.807, 2.05) is 30.3 Å². The van der Waals surface area contributed by atoms with Crippen LogP contribution in [0.1, 0.15) is 27.4 Å². The summed E-state index contributed by atoms with van der Waals surface area (Å²) in [5.74, 6) is -8.86. The lowest BCUT2D eigenvalue weighted by Gasteiger charge is -2.26. The van der Waals surface area contributed by atoms with Crippen LogP contribution < -0.4 is 10.1 Å². The number of halogens is 3. The third kappa shape index (κ3) is 5.17. The van der Waals surface area contributed by atoms with Crippen molar-refractivity contribution < 1.29 is 28.2 Å². The van der Waals surface area contributed by atoms with Gasteiger partial charge in [0.1, 0.15) is 5.75 Å². The number of amides is 1. The minimum atomic E-state index is -4.17. The lowest BCUT2D eigenvalue weighted by molar-refractivity contribution is -0.168. The van der Waals surface area contributed by atoms with E-state index in [1.165, 1.54) is 25.3 Å². The molecule has 0 saturated heterocycles. The number of benzene rings is 3. The number of nitrogens with one attached hydrogen (secondary N) is 1. The van der Waals surface area contributed by atoms with Gasteiger partial charge in [-0.05, 0) is 36.8 Å². The number of para-hydroxylation sites is 1. The fourth-order valence-corrected chi connectivity index (χ4v) is 4.68. The van der Waals surface area contributed by atoms with Crippen molar-refractivity contribution in [2.75, 3.05) is 13.7 Å². The van der Waals surface area contributed by atoms with E-state index in [9.17, 15) is 23.5 Å². The van der Waals surface area contributed by atoms with Gasteiger partial charge in [0.15, 0.2) is 0 Å². The Labute approximate surface area is 220 Å². The molecule has 0 saturated carbocycles. The average molecular weight is 569 g/mol. The number of hydrogen-bond donors (Lipinski definition) is 2. The molecule has 0 aliphatic rings. The lowest BCUT2D eigenvalue weighted by Crippen LogP contribution is -2.42. The first-order valence-corrected chi connectivity index (χ1v) is 12.1. The van der Waals surface area contributed by atoms with Gasteiger partial charge in [-0.3, -0.25) is 4.79 Å². The molecule has 0 aliphatic carbocycles. The molecule has 0 aliphatic heterocycles. The molecule has 0 bridgehead atoms. The summed E-state index contributed by atoms with van der Waals surface area (Å²) in [5, 5.41) is 12.4. The van der Waals surface area contributed by atoms with E-state index in [2.05, 4.69) is 21.2 Å². The summed E-state index contributed by atoms with van der Waals surface area (Å²) in [5.41, 5.74) is 2.73. The monoisotopic (exact) mass is 568 g/mol. The third-order valence-electron chi connectivity index (χ3n) is 6.17. The Morgan fingerprint density at radius 1 is 1.08 bits per heavy atom. The number of pyridine rings is 1. The van der Waals surface area contributed by atoms with Gasteiger partial charge in [0.05, 0.1) is 29.8 Å². The van der Waals surface area contributed by atoms with Crippen LogP contribution in [-0.2, 0) is 4.79 Å². The Morgan fingerprint density at radius 3 is 2.43 bits per heavy atom. The summed E-state index contributed by atoms with van der Waals surface area (Å²) >= 11 is 3.42. The number of carbonyl (C=O) groups is 2. The maximum atomic E-state index is 14.9. The van der Waals surface area contributed by atoms with E-state index < -0.39 is 30.3 Å². The fourth-order valence-electron chi connectivity index (χ4n) is 4.32. The van der Waals surface area contributed by atoms with Crippen LogP contribution in [0.25, 0.3) is 22.2 Å². The van der Waals surface area contributed by atoms with Crippen molar-refractivity contribution in [1.29, 1.82) is 0 Å². The summed E-state index contributed by atoms with van der Waals surface area (Å²) in [6.45, 7) is 1.10. The molecule has 4 aromatic rings. The van der Waals surface area contributed by atoms with Crippen LogP contribution >= 0.6 is 15.9 Å². The minimum absolute atomic E-state index is 0.0262. The summed E-state index contributed by atoms with van der Waals surface area (Å²) < 4.78 is 35.7. The highest BCUT2D eigenvalue weighted by Crippen LogP contribution is 2.38. The van der Waals surface area contributed by atoms with E-state index in [0.717, 1.165) is 5.56 Å². The first-order chi connectivity index (χ1) is 17.6. The Hall–Kier alpha value is -3.85. The molecule has 1 atom stereocenters. The summed E-state index contributed by atoms with van der Waals surface area (Å²) in [6.07, 6.45) is 0. The van der Waals surface area contributed by atoms with Gasteiger partial charge in [0.2, 0.25) is 0 Å².